The lowest BCUT2D eigenvalue weighted by Crippen LogP contribution is -2.22. The molecule has 1 aromatic rings. The van der Waals surface area contributed by atoms with Crippen LogP contribution in [-0.2, 0) is 0 Å². The van der Waals surface area contributed by atoms with Gasteiger partial charge in [0.2, 0.25) is 0 Å². The zero-order chi connectivity index (χ0) is 12.8. The first kappa shape index (κ1) is 13.1. The van der Waals surface area contributed by atoms with E-state index in [1.54, 1.807) is 0 Å². The first-order chi connectivity index (χ1) is 8.85. The van der Waals surface area contributed by atoms with Crippen LogP contribution in [0.25, 0.3) is 0 Å². The summed E-state index contributed by atoms with van der Waals surface area (Å²) in [6.45, 7) is 5.75. The van der Waals surface area contributed by atoms with E-state index in [0.717, 1.165) is 50.7 Å². The molecule has 0 spiro atoms. The first-order valence-electron chi connectivity index (χ1n) is 6.88. The number of nitrogens with two attached hydrogens (primary N) is 1. The average Bonchev–Trinajstić information content (AvgIpc) is 2.86. The molecule has 1 fully saturated rings. The second-order valence-electron chi connectivity index (χ2n) is 4.85. The topological polar surface area (TPSA) is 51.4 Å². The second kappa shape index (κ2) is 6.59. The second-order valence-corrected chi connectivity index (χ2v) is 4.85. The summed E-state index contributed by atoms with van der Waals surface area (Å²) in [5.74, 6) is 2.61. The molecule has 0 amide bonds. The van der Waals surface area contributed by atoms with Crippen molar-refractivity contribution in [3.8, 4) is 5.75 Å². The Balaban J connectivity index is 2.04. The van der Waals surface area contributed by atoms with Crippen LogP contribution in [0.15, 0.2) is 18.3 Å². The number of anilines is 1. The Kier molecular flexibility index (Phi) is 4.81. The quantitative estimate of drug-likeness (QED) is 0.838. The van der Waals surface area contributed by atoms with Gasteiger partial charge in [0.15, 0.2) is 11.6 Å². The summed E-state index contributed by atoms with van der Waals surface area (Å²) >= 11 is 0. The third-order valence-electron chi connectivity index (χ3n) is 3.37. The van der Waals surface area contributed by atoms with Gasteiger partial charge in [-0.25, -0.2) is 4.98 Å². The zero-order valence-corrected chi connectivity index (χ0v) is 11.1. The van der Waals surface area contributed by atoms with Gasteiger partial charge < -0.3 is 15.4 Å². The lowest BCUT2D eigenvalue weighted by Gasteiger charge is -2.20. The minimum Gasteiger partial charge on any atom is -0.490 e. The van der Waals surface area contributed by atoms with Crippen LogP contribution in [0, 0.1) is 5.92 Å². The van der Waals surface area contributed by atoms with E-state index in [-0.39, 0.29) is 0 Å². The van der Waals surface area contributed by atoms with Gasteiger partial charge in [0, 0.05) is 19.3 Å². The fourth-order valence-electron chi connectivity index (χ4n) is 2.44. The monoisotopic (exact) mass is 249 g/mol. The first-order valence-corrected chi connectivity index (χ1v) is 6.88. The minimum absolute atomic E-state index is 0.705. The highest BCUT2D eigenvalue weighted by Gasteiger charge is 2.24. The number of pyridine rings is 1. The molecule has 1 aromatic heterocycles. The molecule has 4 nitrogen and oxygen atoms in total. The summed E-state index contributed by atoms with van der Waals surface area (Å²) in [7, 11) is 0. The summed E-state index contributed by atoms with van der Waals surface area (Å²) in [5, 5.41) is 0. The summed E-state index contributed by atoms with van der Waals surface area (Å²) < 4.78 is 5.77. The smallest absolute Gasteiger partial charge is 0.171 e. The van der Waals surface area contributed by atoms with Crippen molar-refractivity contribution < 1.29 is 4.74 Å². The van der Waals surface area contributed by atoms with Gasteiger partial charge in [-0.1, -0.05) is 6.92 Å². The predicted octanol–water partition coefficient (Wildman–Crippen LogP) is 2.05. The van der Waals surface area contributed by atoms with Gasteiger partial charge in [0.1, 0.15) is 0 Å². The molecule has 1 unspecified atom stereocenters. The van der Waals surface area contributed by atoms with Crippen LogP contribution in [0.4, 0.5) is 5.82 Å². The Morgan fingerprint density at radius 1 is 1.56 bits per heavy atom. The lowest BCUT2D eigenvalue weighted by atomic mass is 10.1. The molecule has 0 saturated carbocycles. The maximum atomic E-state index is 5.77. The Hall–Kier alpha value is -1.29. The summed E-state index contributed by atoms with van der Waals surface area (Å²) in [4.78, 5) is 6.80. The number of ether oxygens (including phenoxy) is 1. The Morgan fingerprint density at radius 2 is 2.44 bits per heavy atom. The SMILES string of the molecule is CCCOc1cccnc1N1CCC(CCN)C1. The van der Waals surface area contributed by atoms with Gasteiger partial charge in [-0.3, -0.25) is 0 Å². The highest BCUT2D eigenvalue weighted by Crippen LogP contribution is 2.30. The number of hydrogen-bond donors (Lipinski definition) is 1. The highest BCUT2D eigenvalue weighted by molar-refractivity contribution is 5.52. The van der Waals surface area contributed by atoms with Crippen molar-refractivity contribution in [1.29, 1.82) is 0 Å². The fraction of sp³-hybridized carbons (Fsp3) is 0.643. The zero-order valence-electron chi connectivity index (χ0n) is 11.1. The van der Waals surface area contributed by atoms with Gasteiger partial charge in [-0.15, -0.1) is 0 Å². The molecule has 2 rings (SSSR count). The van der Waals surface area contributed by atoms with Crippen molar-refractivity contribution in [3.05, 3.63) is 18.3 Å². The lowest BCUT2D eigenvalue weighted by molar-refractivity contribution is 0.316. The molecule has 4 heteroatoms. The number of rotatable bonds is 6. The van der Waals surface area contributed by atoms with Gasteiger partial charge in [0.25, 0.3) is 0 Å². The van der Waals surface area contributed by atoms with Crippen molar-refractivity contribution in [2.45, 2.75) is 26.2 Å². The number of aromatic nitrogens is 1. The highest BCUT2D eigenvalue weighted by atomic mass is 16.5. The Labute approximate surface area is 109 Å². The molecule has 1 aliphatic rings. The van der Waals surface area contributed by atoms with E-state index in [4.69, 9.17) is 10.5 Å². The van der Waals surface area contributed by atoms with Gasteiger partial charge in [0.05, 0.1) is 6.61 Å². The van der Waals surface area contributed by atoms with Crippen molar-refractivity contribution in [2.24, 2.45) is 11.7 Å². The van der Waals surface area contributed by atoms with E-state index in [1.165, 1.54) is 6.42 Å². The normalized spacial score (nSPS) is 19.2. The molecule has 0 aliphatic carbocycles. The van der Waals surface area contributed by atoms with Crippen LogP contribution in [0.5, 0.6) is 5.75 Å². The third-order valence-corrected chi connectivity index (χ3v) is 3.37. The van der Waals surface area contributed by atoms with Crippen LogP contribution < -0.4 is 15.4 Å². The van der Waals surface area contributed by atoms with E-state index in [1.807, 2.05) is 18.3 Å². The third kappa shape index (κ3) is 3.13. The average molecular weight is 249 g/mol. The van der Waals surface area contributed by atoms with Crippen LogP contribution in [-0.4, -0.2) is 31.2 Å². The Bertz CT molecular complexity index is 370. The number of nitrogens with zero attached hydrogens (tertiary/aromatic N) is 2. The van der Waals surface area contributed by atoms with Crippen LogP contribution in [0.3, 0.4) is 0 Å². The van der Waals surface area contributed by atoms with Crippen molar-refractivity contribution in [3.63, 3.8) is 0 Å². The van der Waals surface area contributed by atoms with Crippen LogP contribution in [0.1, 0.15) is 26.2 Å². The molecule has 2 heterocycles. The largest absolute Gasteiger partial charge is 0.490 e. The molecule has 0 radical (unpaired) electrons. The summed E-state index contributed by atoms with van der Waals surface area (Å²) in [6.07, 6.45) is 5.17. The van der Waals surface area contributed by atoms with E-state index >= 15 is 0 Å². The predicted molar refractivity (Wildman–Crippen MR) is 74.0 cm³/mol. The van der Waals surface area contributed by atoms with Crippen LogP contribution in [0.2, 0.25) is 0 Å². The summed E-state index contributed by atoms with van der Waals surface area (Å²) in [6, 6.07) is 3.94. The molecule has 1 saturated heterocycles. The molecule has 1 aliphatic heterocycles. The summed E-state index contributed by atoms with van der Waals surface area (Å²) in [5.41, 5.74) is 5.63. The van der Waals surface area contributed by atoms with Gasteiger partial charge in [-0.05, 0) is 43.9 Å². The van der Waals surface area contributed by atoms with Crippen molar-refractivity contribution >= 4 is 5.82 Å². The van der Waals surface area contributed by atoms with E-state index in [2.05, 4.69) is 16.8 Å². The van der Waals surface area contributed by atoms with Gasteiger partial charge >= 0.3 is 0 Å². The maximum absolute atomic E-state index is 5.77. The minimum atomic E-state index is 0.705. The molecule has 0 aromatic carbocycles. The van der Waals surface area contributed by atoms with E-state index in [0.29, 0.717) is 5.92 Å². The Morgan fingerprint density at radius 3 is 3.22 bits per heavy atom. The van der Waals surface area contributed by atoms with E-state index in [9.17, 15) is 0 Å². The molecule has 2 N–H and O–H groups in total. The molecule has 100 valence electrons. The molecular formula is C14H23N3O. The number of hydrogen-bond acceptors (Lipinski definition) is 4. The van der Waals surface area contributed by atoms with Crippen molar-refractivity contribution in [2.75, 3.05) is 31.1 Å². The van der Waals surface area contributed by atoms with Crippen molar-refractivity contribution in [1.82, 2.24) is 4.98 Å². The maximum Gasteiger partial charge on any atom is 0.171 e. The standard InChI is InChI=1S/C14H23N3O/c1-2-10-18-13-4-3-8-16-14(13)17-9-6-12(11-17)5-7-15/h3-4,8,12H,2,5-7,9-11,15H2,1H3. The van der Waals surface area contributed by atoms with Crippen LogP contribution >= 0.6 is 0 Å². The van der Waals surface area contributed by atoms with E-state index < -0.39 is 0 Å². The fourth-order valence-corrected chi connectivity index (χ4v) is 2.44. The molecule has 1 atom stereocenters. The van der Waals surface area contributed by atoms with Gasteiger partial charge in [-0.2, -0.15) is 0 Å². The molecular weight excluding hydrogens is 226 g/mol. The molecule has 18 heavy (non-hydrogen) atoms. The molecule has 0 bridgehead atoms.